The maximum Gasteiger partial charge on any atom is 1.00 e. The molecule has 0 aliphatic heterocycles. The second kappa shape index (κ2) is 8.02. The van der Waals surface area contributed by atoms with Crippen LogP contribution in [0.2, 0.25) is 0 Å². The molecule has 1 aromatic carbocycles. The summed E-state index contributed by atoms with van der Waals surface area (Å²) >= 11 is 0. The second-order valence-corrected chi connectivity index (χ2v) is 4.37. The summed E-state index contributed by atoms with van der Waals surface area (Å²) in [5.74, 6) is -3.60. The molecule has 9 heteroatoms. The molecule has 1 heterocycles. The minimum Gasteiger partial charge on any atom is -0.546 e. The number of nitrogens with two attached hydrogens (primary N) is 1. The number of halogens is 1. The Hall–Kier alpha value is -2.00. The monoisotopic (exact) mass is 327 g/mol. The van der Waals surface area contributed by atoms with Crippen LogP contribution in [-0.2, 0) is 4.79 Å². The van der Waals surface area contributed by atoms with Crippen molar-refractivity contribution in [1.82, 2.24) is 10.3 Å². The molecule has 1 atom stereocenters. The zero-order chi connectivity index (χ0) is 16.3. The summed E-state index contributed by atoms with van der Waals surface area (Å²) in [6.45, 7) is 0. The van der Waals surface area contributed by atoms with Gasteiger partial charge in [0.1, 0.15) is 17.7 Å². The quantitative estimate of drug-likeness (QED) is 0.393. The number of carbonyl (C=O) groups excluding carboxylic acids is 2. The van der Waals surface area contributed by atoms with Crippen LogP contribution in [0.5, 0.6) is 5.75 Å². The van der Waals surface area contributed by atoms with Gasteiger partial charge in [-0.05, 0) is 23.8 Å². The van der Waals surface area contributed by atoms with Crippen LogP contribution in [0.15, 0.2) is 36.5 Å². The van der Waals surface area contributed by atoms with Gasteiger partial charge in [0.15, 0.2) is 5.69 Å². The van der Waals surface area contributed by atoms with Gasteiger partial charge in [0.05, 0.1) is 5.97 Å². The first-order valence-corrected chi connectivity index (χ1v) is 6.10. The van der Waals surface area contributed by atoms with Crippen molar-refractivity contribution in [3.63, 3.8) is 0 Å². The molecule has 0 fully saturated rings. The van der Waals surface area contributed by atoms with Crippen LogP contribution >= 0.6 is 0 Å². The Balaban J connectivity index is 0.00000264. The van der Waals surface area contributed by atoms with E-state index in [1.165, 1.54) is 30.5 Å². The Labute approximate surface area is 152 Å². The Morgan fingerprint density at radius 3 is 2.57 bits per heavy atom. The number of nitrogens with one attached hydrogen (secondary N) is 1. The third kappa shape index (κ3) is 4.73. The molecule has 0 aliphatic carbocycles. The van der Waals surface area contributed by atoms with Crippen molar-refractivity contribution in [1.29, 1.82) is 0 Å². The van der Waals surface area contributed by atoms with E-state index < -0.39 is 35.3 Å². The van der Waals surface area contributed by atoms with E-state index in [0.717, 1.165) is 0 Å². The van der Waals surface area contributed by atoms with Crippen molar-refractivity contribution in [2.75, 3.05) is 0 Å². The topological polar surface area (TPSA) is 128 Å². The maximum atomic E-state index is 13.2. The van der Waals surface area contributed by atoms with Crippen molar-refractivity contribution in [2.45, 2.75) is 6.17 Å². The van der Waals surface area contributed by atoms with E-state index in [9.17, 15) is 24.2 Å². The SMILES string of the molecule is NC(NC(=O)c1ncc(-c2cccc(F)c2)cc1O)C(=O)[O-].[Na+]. The summed E-state index contributed by atoms with van der Waals surface area (Å²) in [6, 6.07) is 6.80. The van der Waals surface area contributed by atoms with Gasteiger partial charge in [-0.2, -0.15) is 0 Å². The Kier molecular flexibility index (Phi) is 6.64. The number of aromatic nitrogens is 1. The van der Waals surface area contributed by atoms with Crippen molar-refractivity contribution in [3.8, 4) is 16.9 Å². The zero-order valence-electron chi connectivity index (χ0n) is 12.1. The van der Waals surface area contributed by atoms with Crippen molar-refractivity contribution >= 4 is 11.9 Å². The van der Waals surface area contributed by atoms with Crippen molar-refractivity contribution in [3.05, 3.63) is 48.0 Å². The minimum atomic E-state index is -1.73. The number of rotatable bonds is 4. The Morgan fingerprint density at radius 1 is 1.30 bits per heavy atom. The predicted molar refractivity (Wildman–Crippen MR) is 71.7 cm³/mol. The molecule has 114 valence electrons. The first-order valence-electron chi connectivity index (χ1n) is 6.10. The fraction of sp³-hybridized carbons (Fsp3) is 0.0714. The number of carboxylic acid groups (broad SMARTS) is 1. The van der Waals surface area contributed by atoms with E-state index >= 15 is 0 Å². The molecule has 7 nitrogen and oxygen atoms in total. The number of hydrogen-bond donors (Lipinski definition) is 3. The molecular weight excluding hydrogens is 316 g/mol. The average molecular weight is 327 g/mol. The molecule has 0 bridgehead atoms. The van der Waals surface area contributed by atoms with E-state index in [2.05, 4.69) is 4.98 Å². The number of nitrogens with zero attached hydrogens (tertiary/aromatic N) is 1. The van der Waals surface area contributed by atoms with Gasteiger partial charge in [-0.15, -0.1) is 0 Å². The van der Waals surface area contributed by atoms with E-state index in [0.29, 0.717) is 11.1 Å². The van der Waals surface area contributed by atoms with Gasteiger partial charge in [-0.3, -0.25) is 4.79 Å². The van der Waals surface area contributed by atoms with E-state index in [-0.39, 0.29) is 29.6 Å². The Bertz CT molecular complexity index is 742. The maximum absolute atomic E-state index is 13.2. The third-order valence-corrected chi connectivity index (χ3v) is 2.78. The summed E-state index contributed by atoms with van der Waals surface area (Å²) in [7, 11) is 0. The van der Waals surface area contributed by atoms with E-state index in [1.54, 1.807) is 6.07 Å². The molecule has 0 spiro atoms. The molecular formula is C14H11FN3NaO4. The third-order valence-electron chi connectivity index (χ3n) is 2.78. The van der Waals surface area contributed by atoms with Gasteiger partial charge in [0.25, 0.3) is 5.91 Å². The summed E-state index contributed by atoms with van der Waals surface area (Å²) in [5, 5.41) is 22.2. The molecule has 2 rings (SSSR count). The number of benzene rings is 1. The fourth-order valence-electron chi connectivity index (χ4n) is 1.72. The number of pyridine rings is 1. The largest absolute Gasteiger partial charge is 1.00 e. The van der Waals surface area contributed by atoms with Crippen LogP contribution in [-0.4, -0.2) is 28.1 Å². The summed E-state index contributed by atoms with van der Waals surface area (Å²) < 4.78 is 13.2. The summed E-state index contributed by atoms with van der Waals surface area (Å²) in [5.41, 5.74) is 5.54. The van der Waals surface area contributed by atoms with Crippen molar-refractivity contribution < 1.29 is 53.7 Å². The molecule has 2 aromatic rings. The molecule has 1 unspecified atom stereocenters. The zero-order valence-corrected chi connectivity index (χ0v) is 14.1. The molecule has 1 amide bonds. The first kappa shape index (κ1) is 19.0. The number of carbonyl (C=O) groups is 2. The number of hydrogen-bond acceptors (Lipinski definition) is 6. The summed E-state index contributed by atoms with van der Waals surface area (Å²) in [4.78, 5) is 25.9. The smallest absolute Gasteiger partial charge is 0.546 e. The molecule has 4 N–H and O–H groups in total. The molecule has 0 radical (unpaired) electrons. The molecule has 0 saturated heterocycles. The van der Waals surface area contributed by atoms with Gasteiger partial charge in [-0.25, -0.2) is 9.37 Å². The second-order valence-electron chi connectivity index (χ2n) is 4.37. The standard InChI is InChI=1S/C14H12FN3O4.Na/c15-9-3-1-2-7(4-9)8-5-10(19)11(17-6-8)13(20)18-12(16)14(21)22;/h1-6,12,19H,16H2,(H,18,20)(H,21,22);/q;+1/p-1. The molecule has 0 saturated carbocycles. The normalized spacial score (nSPS) is 11.2. The van der Waals surface area contributed by atoms with Crippen LogP contribution in [0.25, 0.3) is 11.1 Å². The predicted octanol–water partition coefficient (Wildman–Crippen LogP) is -3.64. The minimum absolute atomic E-state index is 0. The van der Waals surface area contributed by atoms with Crippen LogP contribution in [0.1, 0.15) is 10.5 Å². The summed E-state index contributed by atoms with van der Waals surface area (Å²) in [6.07, 6.45) is -0.481. The van der Waals surface area contributed by atoms with Gasteiger partial charge in [0, 0.05) is 11.8 Å². The average Bonchev–Trinajstić information content (AvgIpc) is 2.46. The van der Waals surface area contributed by atoms with Gasteiger partial charge in [0.2, 0.25) is 0 Å². The molecule has 23 heavy (non-hydrogen) atoms. The van der Waals surface area contributed by atoms with Crippen LogP contribution < -0.4 is 45.7 Å². The fourth-order valence-corrected chi connectivity index (χ4v) is 1.72. The van der Waals surface area contributed by atoms with Gasteiger partial charge < -0.3 is 26.1 Å². The van der Waals surface area contributed by atoms with Crippen molar-refractivity contribution in [2.24, 2.45) is 5.73 Å². The van der Waals surface area contributed by atoms with Gasteiger partial charge in [-0.1, -0.05) is 12.1 Å². The van der Waals surface area contributed by atoms with Crippen LogP contribution in [0, 0.1) is 5.82 Å². The number of aliphatic carboxylic acids is 1. The Morgan fingerprint density at radius 2 is 2.00 bits per heavy atom. The first-order chi connectivity index (χ1) is 10.4. The number of carboxylic acids is 1. The van der Waals surface area contributed by atoms with E-state index in [1.807, 2.05) is 5.32 Å². The van der Waals surface area contributed by atoms with Crippen LogP contribution in [0.3, 0.4) is 0 Å². The molecule has 0 aliphatic rings. The van der Waals surface area contributed by atoms with Crippen LogP contribution in [0.4, 0.5) is 4.39 Å². The molecule has 1 aromatic heterocycles. The van der Waals surface area contributed by atoms with E-state index in [4.69, 9.17) is 5.73 Å². The number of amides is 1. The number of aromatic hydroxyl groups is 1. The van der Waals surface area contributed by atoms with Gasteiger partial charge >= 0.3 is 29.6 Å².